The number of hydrogen-bond donors (Lipinski definition) is 2. The molecular formula is C23H50N2O4. The molecule has 0 amide bonds. The van der Waals surface area contributed by atoms with Crippen molar-refractivity contribution >= 4 is 11.9 Å². The highest BCUT2D eigenvalue weighted by Gasteiger charge is 2.11. The third-order valence-electron chi connectivity index (χ3n) is 4.41. The molecule has 6 heteroatoms. The number of aliphatic carboxylic acids is 1. The molecule has 29 heavy (non-hydrogen) atoms. The van der Waals surface area contributed by atoms with Crippen LogP contribution in [0.3, 0.4) is 0 Å². The minimum atomic E-state index is -1.51. The van der Waals surface area contributed by atoms with E-state index in [1.165, 1.54) is 83.5 Å². The second kappa shape index (κ2) is 26.9. The highest BCUT2D eigenvalue weighted by atomic mass is 16.6. The molecule has 0 radical (unpaired) electrons. The molecule has 0 aromatic carbocycles. The van der Waals surface area contributed by atoms with Crippen molar-refractivity contribution in [2.75, 3.05) is 27.7 Å². The largest absolute Gasteiger partial charge is 0.473 e. The molecule has 0 aromatic heterocycles. The Morgan fingerprint density at radius 1 is 0.655 bits per heavy atom. The Balaban J connectivity index is -0.00000123. The number of carboxylic acid groups (broad SMARTS) is 1. The number of nitrogens with zero attached hydrogens (tertiary/aromatic N) is 1. The van der Waals surface area contributed by atoms with Crippen LogP contribution in [0.15, 0.2) is 0 Å². The fourth-order valence-electron chi connectivity index (χ4n) is 2.88. The standard InChI is InChI=1S/C20H38O4.C3H9N.H3N/c1-2-3-4-5-6-7-8-9-10-11-12-13-14-15-16-17-18-24-20(23)19(21)22;1-4(2)3;/h2-18H2,1H3,(H,21,22);1-3H3;1H3. The molecule has 0 aromatic rings. The van der Waals surface area contributed by atoms with Gasteiger partial charge in [0.1, 0.15) is 0 Å². The van der Waals surface area contributed by atoms with Gasteiger partial charge in [0.05, 0.1) is 6.61 Å². The number of rotatable bonds is 17. The van der Waals surface area contributed by atoms with Crippen LogP contribution < -0.4 is 6.15 Å². The molecule has 6 nitrogen and oxygen atoms in total. The zero-order valence-corrected chi connectivity index (χ0v) is 19.8. The van der Waals surface area contributed by atoms with Crippen molar-refractivity contribution in [1.29, 1.82) is 0 Å². The molecule has 4 N–H and O–H groups in total. The predicted octanol–water partition coefficient (Wildman–Crippen LogP) is 6.22. The van der Waals surface area contributed by atoms with Crippen LogP contribution in [0.25, 0.3) is 0 Å². The average Bonchev–Trinajstić information content (AvgIpc) is 2.63. The summed E-state index contributed by atoms with van der Waals surface area (Å²) in [6, 6.07) is 0. The van der Waals surface area contributed by atoms with E-state index in [0.717, 1.165) is 19.3 Å². The molecule has 0 saturated carbocycles. The van der Waals surface area contributed by atoms with Crippen molar-refractivity contribution in [2.45, 2.75) is 110 Å². The molecular weight excluding hydrogens is 368 g/mol. The lowest BCUT2D eigenvalue weighted by Crippen LogP contribution is -2.16. The van der Waals surface area contributed by atoms with Gasteiger partial charge in [0.2, 0.25) is 0 Å². The minimum absolute atomic E-state index is 0. The van der Waals surface area contributed by atoms with Crippen LogP contribution in [0.2, 0.25) is 0 Å². The van der Waals surface area contributed by atoms with E-state index in [0.29, 0.717) is 0 Å². The van der Waals surface area contributed by atoms with Crippen molar-refractivity contribution in [3.8, 4) is 0 Å². The number of carboxylic acids is 1. The van der Waals surface area contributed by atoms with E-state index in [9.17, 15) is 9.59 Å². The monoisotopic (exact) mass is 418 g/mol. The van der Waals surface area contributed by atoms with Crippen LogP contribution in [0, 0.1) is 0 Å². The topological polar surface area (TPSA) is 102 Å². The third kappa shape index (κ3) is 34.7. The van der Waals surface area contributed by atoms with Gasteiger partial charge >= 0.3 is 11.9 Å². The average molecular weight is 419 g/mol. The smallest absolute Gasteiger partial charge is 0.417 e. The second-order valence-electron chi connectivity index (χ2n) is 8.09. The van der Waals surface area contributed by atoms with Crippen molar-refractivity contribution < 1.29 is 19.4 Å². The number of unbranched alkanes of at least 4 members (excludes halogenated alkanes) is 15. The summed E-state index contributed by atoms with van der Waals surface area (Å²) < 4.78 is 4.58. The van der Waals surface area contributed by atoms with Gasteiger partial charge in [-0.15, -0.1) is 0 Å². The quantitative estimate of drug-likeness (QED) is 0.165. The van der Waals surface area contributed by atoms with Crippen molar-refractivity contribution in [1.82, 2.24) is 11.1 Å². The van der Waals surface area contributed by atoms with Gasteiger partial charge in [0, 0.05) is 0 Å². The first kappa shape index (κ1) is 32.5. The summed E-state index contributed by atoms with van der Waals surface area (Å²) in [6.45, 7) is 2.49. The van der Waals surface area contributed by atoms with Gasteiger partial charge in [-0.1, -0.05) is 103 Å². The Morgan fingerprint density at radius 3 is 1.21 bits per heavy atom. The molecule has 0 aliphatic carbocycles. The van der Waals surface area contributed by atoms with Crippen LogP contribution in [-0.2, 0) is 14.3 Å². The molecule has 0 saturated heterocycles. The number of hydrogen-bond acceptors (Lipinski definition) is 5. The summed E-state index contributed by atoms with van der Waals surface area (Å²) >= 11 is 0. The van der Waals surface area contributed by atoms with Crippen LogP contribution in [0.5, 0.6) is 0 Å². The summed E-state index contributed by atoms with van der Waals surface area (Å²) in [7, 11) is 6.00. The van der Waals surface area contributed by atoms with Crippen LogP contribution >= 0.6 is 0 Å². The van der Waals surface area contributed by atoms with E-state index in [1.807, 2.05) is 26.0 Å². The second-order valence-corrected chi connectivity index (χ2v) is 8.09. The Bertz CT molecular complexity index is 347. The van der Waals surface area contributed by atoms with Gasteiger partial charge in [0.15, 0.2) is 0 Å². The SMILES string of the molecule is CCCCCCCCCCCCCCCCCCOC(=O)C(=O)O.CN(C)C.N. The zero-order chi connectivity index (χ0) is 21.5. The Morgan fingerprint density at radius 2 is 0.931 bits per heavy atom. The van der Waals surface area contributed by atoms with Gasteiger partial charge in [-0.05, 0) is 27.6 Å². The van der Waals surface area contributed by atoms with E-state index < -0.39 is 11.9 Å². The Labute approximate surface area is 180 Å². The molecule has 0 fully saturated rings. The minimum Gasteiger partial charge on any atom is -0.473 e. The van der Waals surface area contributed by atoms with Gasteiger partial charge in [-0.25, -0.2) is 9.59 Å². The van der Waals surface area contributed by atoms with Gasteiger partial charge in [0.25, 0.3) is 0 Å². The summed E-state index contributed by atoms with van der Waals surface area (Å²) in [6.07, 6.45) is 20.7. The summed E-state index contributed by atoms with van der Waals surface area (Å²) in [5.74, 6) is -2.65. The number of carbonyl (C=O) groups excluding carboxylic acids is 1. The molecule has 176 valence electrons. The lowest BCUT2D eigenvalue weighted by molar-refractivity contribution is -0.163. The molecule has 0 aliphatic rings. The summed E-state index contributed by atoms with van der Waals surface area (Å²) in [5.41, 5.74) is 0. The summed E-state index contributed by atoms with van der Waals surface area (Å²) in [4.78, 5) is 22.9. The van der Waals surface area contributed by atoms with Crippen molar-refractivity contribution in [3.05, 3.63) is 0 Å². The molecule has 0 rings (SSSR count). The maximum absolute atomic E-state index is 10.7. The maximum atomic E-state index is 10.7. The number of esters is 1. The highest BCUT2D eigenvalue weighted by Crippen LogP contribution is 2.13. The number of ether oxygens (including phenoxy) is 1. The molecule has 0 bridgehead atoms. The normalized spacial score (nSPS) is 10.1. The van der Waals surface area contributed by atoms with Gasteiger partial charge in [-0.2, -0.15) is 0 Å². The van der Waals surface area contributed by atoms with E-state index in [2.05, 4.69) is 11.7 Å². The zero-order valence-electron chi connectivity index (χ0n) is 19.8. The van der Waals surface area contributed by atoms with E-state index >= 15 is 0 Å². The first-order valence-electron chi connectivity index (χ1n) is 11.4. The van der Waals surface area contributed by atoms with Crippen molar-refractivity contribution in [2.24, 2.45) is 0 Å². The highest BCUT2D eigenvalue weighted by molar-refractivity contribution is 6.28. The maximum Gasteiger partial charge on any atom is 0.417 e. The first-order chi connectivity index (χ1) is 13.4. The molecule has 0 unspecified atom stereocenters. The predicted molar refractivity (Wildman–Crippen MR) is 123 cm³/mol. The van der Waals surface area contributed by atoms with E-state index in [4.69, 9.17) is 5.11 Å². The fourth-order valence-corrected chi connectivity index (χ4v) is 2.88. The van der Waals surface area contributed by atoms with Gasteiger partial charge < -0.3 is 20.9 Å². The molecule has 0 spiro atoms. The first-order valence-corrected chi connectivity index (χ1v) is 11.4. The van der Waals surface area contributed by atoms with Crippen LogP contribution in [0.4, 0.5) is 0 Å². The van der Waals surface area contributed by atoms with Gasteiger partial charge in [-0.3, -0.25) is 0 Å². The van der Waals surface area contributed by atoms with E-state index in [1.54, 1.807) is 0 Å². The third-order valence-corrected chi connectivity index (χ3v) is 4.41. The molecule has 0 heterocycles. The van der Waals surface area contributed by atoms with Crippen LogP contribution in [0.1, 0.15) is 110 Å². The Hall–Kier alpha value is -1.14. The van der Waals surface area contributed by atoms with Crippen LogP contribution in [-0.4, -0.2) is 49.7 Å². The molecule has 0 aliphatic heterocycles. The van der Waals surface area contributed by atoms with Crippen molar-refractivity contribution in [3.63, 3.8) is 0 Å². The molecule has 0 atom stereocenters. The van der Waals surface area contributed by atoms with E-state index in [-0.39, 0.29) is 12.8 Å². The summed E-state index contributed by atoms with van der Waals surface area (Å²) in [5, 5.41) is 8.34. The number of carbonyl (C=O) groups is 2. The fraction of sp³-hybridized carbons (Fsp3) is 0.913. The Kier molecular flexibility index (Phi) is 30.1. The lowest BCUT2D eigenvalue weighted by Gasteiger charge is -2.04. The lowest BCUT2D eigenvalue weighted by atomic mass is 10.0.